The normalized spacial score (nSPS) is 12.7. The van der Waals surface area contributed by atoms with E-state index in [1.807, 2.05) is 31.2 Å². The molecule has 1 atom stereocenters. The second-order valence-electron chi connectivity index (χ2n) is 6.56. The van der Waals surface area contributed by atoms with Crippen LogP contribution in [-0.2, 0) is 5.41 Å². The van der Waals surface area contributed by atoms with E-state index in [9.17, 15) is 14.9 Å². The number of aromatic amines is 1. The highest BCUT2D eigenvalue weighted by molar-refractivity contribution is 6.35. The molecule has 24 heavy (non-hydrogen) atoms. The molecule has 0 radical (unpaired) electrons. The van der Waals surface area contributed by atoms with Crippen LogP contribution in [0.25, 0.3) is 0 Å². The van der Waals surface area contributed by atoms with Gasteiger partial charge < -0.3 is 15.4 Å². The number of amides is 1. The van der Waals surface area contributed by atoms with Gasteiger partial charge in [0.2, 0.25) is 0 Å². The summed E-state index contributed by atoms with van der Waals surface area (Å²) in [4.78, 5) is 22.2. The maximum Gasteiger partial charge on any atom is 0.362 e. The van der Waals surface area contributed by atoms with Crippen molar-refractivity contribution in [1.82, 2.24) is 15.5 Å². The Morgan fingerprint density at radius 3 is 2.38 bits per heavy atom. The lowest BCUT2D eigenvalue weighted by atomic mass is 9.86. The van der Waals surface area contributed by atoms with E-state index in [1.54, 1.807) is 0 Å². The standard InChI is InChI=1S/C16H19ClN4O3/c1-9(10-5-7-11(8-6-10)16(2,3)4)18-15(22)13-12(17)14(20-19-13)21(23)24/h5-9H,1-4H3,(H,18,22)(H,19,20). The van der Waals surface area contributed by atoms with Crippen molar-refractivity contribution < 1.29 is 9.72 Å². The molecule has 0 bridgehead atoms. The van der Waals surface area contributed by atoms with Gasteiger partial charge in [-0.15, -0.1) is 5.10 Å². The lowest BCUT2D eigenvalue weighted by Crippen LogP contribution is -2.27. The molecule has 0 spiro atoms. The molecule has 2 N–H and O–H groups in total. The number of benzene rings is 1. The SMILES string of the molecule is CC(NC(=O)c1n[nH]c([N+](=O)[O-])c1Cl)c1ccc(C(C)(C)C)cc1. The molecule has 8 heteroatoms. The summed E-state index contributed by atoms with van der Waals surface area (Å²) in [6.45, 7) is 8.19. The van der Waals surface area contributed by atoms with Crippen molar-refractivity contribution in [2.45, 2.75) is 39.2 Å². The van der Waals surface area contributed by atoms with Crippen LogP contribution in [0.15, 0.2) is 24.3 Å². The molecule has 0 fully saturated rings. The van der Waals surface area contributed by atoms with Gasteiger partial charge >= 0.3 is 5.82 Å². The predicted molar refractivity (Wildman–Crippen MR) is 91.3 cm³/mol. The molecular formula is C16H19ClN4O3. The summed E-state index contributed by atoms with van der Waals surface area (Å²) < 4.78 is 0. The van der Waals surface area contributed by atoms with Gasteiger partial charge in [-0.1, -0.05) is 61.7 Å². The summed E-state index contributed by atoms with van der Waals surface area (Å²) in [6, 6.07) is 7.63. The second kappa shape index (κ2) is 6.60. The van der Waals surface area contributed by atoms with Crippen LogP contribution >= 0.6 is 11.6 Å². The van der Waals surface area contributed by atoms with Crippen molar-refractivity contribution in [3.8, 4) is 0 Å². The van der Waals surface area contributed by atoms with Crippen LogP contribution in [0.3, 0.4) is 0 Å². The molecule has 0 aliphatic rings. The molecule has 1 aromatic heterocycles. The van der Waals surface area contributed by atoms with E-state index in [2.05, 4.69) is 36.3 Å². The summed E-state index contributed by atoms with van der Waals surface area (Å²) >= 11 is 5.82. The van der Waals surface area contributed by atoms with Crippen molar-refractivity contribution in [2.75, 3.05) is 0 Å². The van der Waals surface area contributed by atoms with Gasteiger partial charge in [0.1, 0.15) is 0 Å². The fraction of sp³-hybridized carbons (Fsp3) is 0.375. The predicted octanol–water partition coefficient (Wildman–Crippen LogP) is 3.76. The highest BCUT2D eigenvalue weighted by Crippen LogP contribution is 2.26. The first-order valence-corrected chi connectivity index (χ1v) is 7.78. The van der Waals surface area contributed by atoms with Crippen molar-refractivity contribution in [3.63, 3.8) is 0 Å². The zero-order valence-electron chi connectivity index (χ0n) is 13.9. The number of rotatable bonds is 4. The zero-order chi connectivity index (χ0) is 18.1. The van der Waals surface area contributed by atoms with Gasteiger partial charge in [-0.25, -0.2) is 0 Å². The van der Waals surface area contributed by atoms with Gasteiger partial charge in [0.05, 0.1) is 6.04 Å². The minimum atomic E-state index is -0.721. The van der Waals surface area contributed by atoms with Gasteiger partial charge in [0.25, 0.3) is 5.91 Å². The lowest BCUT2D eigenvalue weighted by molar-refractivity contribution is -0.389. The van der Waals surface area contributed by atoms with Crippen LogP contribution in [0.5, 0.6) is 0 Å². The highest BCUT2D eigenvalue weighted by atomic mass is 35.5. The van der Waals surface area contributed by atoms with E-state index in [-0.39, 0.29) is 22.2 Å². The first kappa shape index (κ1) is 17.9. The summed E-state index contributed by atoms with van der Waals surface area (Å²) in [5.41, 5.74) is 1.96. The smallest absolute Gasteiger partial charge is 0.358 e. The third kappa shape index (κ3) is 3.73. The van der Waals surface area contributed by atoms with Crippen molar-refractivity contribution >= 4 is 23.3 Å². The van der Waals surface area contributed by atoms with E-state index in [0.29, 0.717) is 0 Å². The number of hydrogen-bond donors (Lipinski definition) is 2. The number of aromatic nitrogens is 2. The molecule has 0 aliphatic carbocycles. The number of nitrogens with zero attached hydrogens (tertiary/aromatic N) is 2. The highest BCUT2D eigenvalue weighted by Gasteiger charge is 2.26. The minimum absolute atomic E-state index is 0.0481. The van der Waals surface area contributed by atoms with Crippen LogP contribution in [0.2, 0.25) is 5.02 Å². The second-order valence-corrected chi connectivity index (χ2v) is 6.94. The Kier molecular flexibility index (Phi) is 4.94. The van der Waals surface area contributed by atoms with Crippen molar-refractivity contribution in [3.05, 3.63) is 56.2 Å². The molecule has 1 aromatic carbocycles. The van der Waals surface area contributed by atoms with Crippen LogP contribution < -0.4 is 5.32 Å². The van der Waals surface area contributed by atoms with E-state index in [4.69, 9.17) is 11.6 Å². The molecule has 0 saturated carbocycles. The average Bonchev–Trinajstić information content (AvgIpc) is 2.88. The van der Waals surface area contributed by atoms with Crippen molar-refractivity contribution in [2.24, 2.45) is 0 Å². The third-order valence-electron chi connectivity index (χ3n) is 3.71. The van der Waals surface area contributed by atoms with Crippen molar-refractivity contribution in [1.29, 1.82) is 0 Å². The zero-order valence-corrected chi connectivity index (χ0v) is 14.6. The van der Waals surface area contributed by atoms with Crippen LogP contribution in [-0.4, -0.2) is 21.0 Å². The molecule has 0 aliphatic heterocycles. The maximum atomic E-state index is 12.2. The summed E-state index contributed by atoms with van der Waals surface area (Å²) in [6.07, 6.45) is 0. The monoisotopic (exact) mass is 350 g/mol. The molecule has 1 heterocycles. The molecule has 2 rings (SSSR count). The van der Waals surface area contributed by atoms with Crippen LogP contribution in [0.1, 0.15) is 55.4 Å². The van der Waals surface area contributed by atoms with E-state index < -0.39 is 16.6 Å². The molecule has 128 valence electrons. The van der Waals surface area contributed by atoms with Gasteiger partial charge in [0, 0.05) is 0 Å². The number of H-pyrrole nitrogens is 1. The fourth-order valence-electron chi connectivity index (χ4n) is 2.21. The Balaban J connectivity index is 2.13. The third-order valence-corrected chi connectivity index (χ3v) is 4.07. The molecule has 2 aromatic rings. The number of hydrogen-bond acceptors (Lipinski definition) is 4. The number of nitrogens with one attached hydrogen (secondary N) is 2. The van der Waals surface area contributed by atoms with E-state index in [1.165, 1.54) is 5.56 Å². The number of nitro groups is 1. The summed E-state index contributed by atoms with van der Waals surface area (Å²) in [5.74, 6) is -1.07. The first-order valence-electron chi connectivity index (χ1n) is 7.41. The molecule has 7 nitrogen and oxygen atoms in total. The number of halogens is 1. The number of carbonyl (C=O) groups is 1. The lowest BCUT2D eigenvalue weighted by Gasteiger charge is -2.20. The molecule has 0 saturated heterocycles. The van der Waals surface area contributed by atoms with Gasteiger partial charge in [0.15, 0.2) is 10.7 Å². The van der Waals surface area contributed by atoms with Gasteiger partial charge in [-0.3, -0.25) is 4.79 Å². The molecule has 1 amide bonds. The topological polar surface area (TPSA) is 101 Å². The molecule has 1 unspecified atom stereocenters. The van der Waals surface area contributed by atoms with E-state index in [0.717, 1.165) is 5.56 Å². The number of carbonyl (C=O) groups excluding carboxylic acids is 1. The first-order chi connectivity index (χ1) is 11.1. The Labute approximate surface area is 144 Å². The largest absolute Gasteiger partial charge is 0.362 e. The molecular weight excluding hydrogens is 332 g/mol. The maximum absolute atomic E-state index is 12.2. The fourth-order valence-corrected chi connectivity index (χ4v) is 2.45. The average molecular weight is 351 g/mol. The van der Waals surface area contributed by atoms with Gasteiger partial charge in [-0.2, -0.15) is 0 Å². The van der Waals surface area contributed by atoms with E-state index >= 15 is 0 Å². The van der Waals surface area contributed by atoms with Crippen LogP contribution in [0, 0.1) is 10.1 Å². The Morgan fingerprint density at radius 1 is 1.33 bits per heavy atom. The minimum Gasteiger partial charge on any atom is -0.358 e. The van der Waals surface area contributed by atoms with Crippen LogP contribution in [0.4, 0.5) is 5.82 Å². The Bertz CT molecular complexity index is 763. The van der Waals surface area contributed by atoms with Gasteiger partial charge in [-0.05, 0) is 28.4 Å². The quantitative estimate of drug-likeness (QED) is 0.647. The Morgan fingerprint density at radius 2 is 1.92 bits per heavy atom. The summed E-state index contributed by atoms with van der Waals surface area (Å²) in [7, 11) is 0. The summed E-state index contributed by atoms with van der Waals surface area (Å²) in [5, 5.41) is 18.9. The Hall–Kier alpha value is -2.41.